The Morgan fingerprint density at radius 1 is 1.38 bits per heavy atom. The molecule has 2 heterocycles. The van der Waals surface area contributed by atoms with Gasteiger partial charge in [0.2, 0.25) is 11.8 Å². The molecule has 21 heavy (non-hydrogen) atoms. The summed E-state index contributed by atoms with van der Waals surface area (Å²) in [5.74, 6) is 0.246. The summed E-state index contributed by atoms with van der Waals surface area (Å²) >= 11 is 5.13. The Bertz CT molecular complexity index is 609. The van der Waals surface area contributed by atoms with Crippen molar-refractivity contribution in [3.63, 3.8) is 0 Å². The van der Waals surface area contributed by atoms with Crippen molar-refractivity contribution in [2.45, 2.75) is 51.2 Å². The van der Waals surface area contributed by atoms with Crippen LogP contribution in [0.3, 0.4) is 0 Å². The van der Waals surface area contributed by atoms with E-state index in [0.717, 1.165) is 22.2 Å². The highest BCUT2D eigenvalue weighted by Gasteiger charge is 2.59. The molecule has 2 aliphatic rings. The highest BCUT2D eigenvalue weighted by atomic mass is 79.9. The van der Waals surface area contributed by atoms with Crippen LogP contribution in [-0.4, -0.2) is 27.8 Å². The van der Waals surface area contributed by atoms with Gasteiger partial charge in [0.15, 0.2) is 0 Å². The van der Waals surface area contributed by atoms with E-state index >= 15 is 0 Å². The molecule has 1 atom stereocenters. The quantitative estimate of drug-likeness (QED) is 0.888. The summed E-state index contributed by atoms with van der Waals surface area (Å²) in [4.78, 5) is 28.4. The SMILES string of the molecule is CC1(C)NC(=O)C(C)(C2CC2)N(Cc2sccc2Br)C1=O. The molecule has 1 aromatic heterocycles. The number of nitrogens with one attached hydrogen (secondary N) is 1. The number of hydrogen-bond acceptors (Lipinski definition) is 3. The topological polar surface area (TPSA) is 49.4 Å². The highest BCUT2D eigenvalue weighted by molar-refractivity contribution is 9.10. The van der Waals surface area contributed by atoms with Crippen LogP contribution in [0.15, 0.2) is 15.9 Å². The van der Waals surface area contributed by atoms with E-state index < -0.39 is 11.1 Å². The molecule has 6 heteroatoms. The highest BCUT2D eigenvalue weighted by Crippen LogP contribution is 2.46. The van der Waals surface area contributed by atoms with Crippen molar-refractivity contribution in [1.29, 1.82) is 0 Å². The van der Waals surface area contributed by atoms with Crippen LogP contribution in [0.4, 0.5) is 0 Å². The molecule has 114 valence electrons. The van der Waals surface area contributed by atoms with Gasteiger partial charge in [-0.2, -0.15) is 0 Å². The zero-order valence-corrected chi connectivity index (χ0v) is 14.8. The number of hydrogen-bond donors (Lipinski definition) is 1. The minimum absolute atomic E-state index is 0.00296. The molecular formula is C15H19BrN2O2S. The molecule has 2 fully saturated rings. The van der Waals surface area contributed by atoms with E-state index in [1.165, 1.54) is 0 Å². The molecule has 0 aromatic carbocycles. The lowest BCUT2D eigenvalue weighted by atomic mass is 9.84. The Balaban J connectivity index is 2.00. The normalized spacial score (nSPS) is 28.7. The van der Waals surface area contributed by atoms with E-state index in [1.54, 1.807) is 30.1 Å². The minimum Gasteiger partial charge on any atom is -0.340 e. The van der Waals surface area contributed by atoms with Crippen molar-refractivity contribution >= 4 is 39.1 Å². The lowest BCUT2D eigenvalue weighted by Gasteiger charge is -2.49. The third-order valence-corrected chi connectivity index (χ3v) is 6.50. The molecule has 0 bridgehead atoms. The van der Waals surface area contributed by atoms with Crippen LogP contribution >= 0.6 is 27.3 Å². The van der Waals surface area contributed by atoms with E-state index in [4.69, 9.17) is 0 Å². The maximum Gasteiger partial charge on any atom is 0.248 e. The molecule has 1 aliphatic heterocycles. The van der Waals surface area contributed by atoms with Gasteiger partial charge in [-0.1, -0.05) is 0 Å². The number of nitrogens with zero attached hydrogens (tertiary/aromatic N) is 1. The molecule has 0 radical (unpaired) electrons. The number of piperazine rings is 1. The first-order valence-corrected chi connectivity index (χ1v) is 8.80. The van der Waals surface area contributed by atoms with Gasteiger partial charge in [-0.05, 0) is 66.9 Å². The van der Waals surface area contributed by atoms with Crippen molar-refractivity contribution in [3.05, 3.63) is 20.8 Å². The summed E-state index contributed by atoms with van der Waals surface area (Å²) in [5.41, 5.74) is -1.56. The third-order valence-electron chi connectivity index (χ3n) is 4.59. The van der Waals surface area contributed by atoms with Gasteiger partial charge in [-0.15, -0.1) is 11.3 Å². The third kappa shape index (κ3) is 2.32. The molecule has 1 N–H and O–H groups in total. The minimum atomic E-state index is -0.838. The van der Waals surface area contributed by atoms with Crippen molar-refractivity contribution in [2.75, 3.05) is 0 Å². The monoisotopic (exact) mass is 370 g/mol. The summed E-state index contributed by atoms with van der Waals surface area (Å²) < 4.78 is 1.00. The van der Waals surface area contributed by atoms with Crippen molar-refractivity contribution in [1.82, 2.24) is 10.2 Å². The first kappa shape index (κ1) is 15.0. The van der Waals surface area contributed by atoms with Crippen LogP contribution in [0, 0.1) is 5.92 Å². The van der Waals surface area contributed by atoms with E-state index in [-0.39, 0.29) is 17.7 Å². The molecular weight excluding hydrogens is 352 g/mol. The van der Waals surface area contributed by atoms with E-state index in [9.17, 15) is 9.59 Å². The average molecular weight is 371 g/mol. The van der Waals surface area contributed by atoms with E-state index in [2.05, 4.69) is 21.2 Å². The second-order valence-corrected chi connectivity index (χ2v) is 8.44. The maximum atomic E-state index is 12.9. The zero-order valence-electron chi connectivity index (χ0n) is 12.4. The smallest absolute Gasteiger partial charge is 0.248 e. The largest absolute Gasteiger partial charge is 0.340 e. The molecule has 1 unspecified atom stereocenters. The number of carbonyl (C=O) groups is 2. The summed E-state index contributed by atoms with van der Waals surface area (Å²) in [7, 11) is 0. The lowest BCUT2D eigenvalue weighted by Crippen LogP contribution is -2.73. The number of amides is 2. The molecule has 1 saturated carbocycles. The van der Waals surface area contributed by atoms with Crippen LogP contribution in [0.5, 0.6) is 0 Å². The summed E-state index contributed by atoms with van der Waals surface area (Å²) in [6, 6.07) is 1.98. The zero-order chi connectivity index (χ0) is 15.4. The van der Waals surface area contributed by atoms with Gasteiger partial charge in [-0.25, -0.2) is 0 Å². The number of rotatable bonds is 3. The van der Waals surface area contributed by atoms with E-state index in [1.807, 2.05) is 18.4 Å². The molecule has 1 aromatic rings. The summed E-state index contributed by atoms with van der Waals surface area (Å²) in [6.45, 7) is 5.95. The standard InChI is InChI=1S/C15H19BrN2O2S/c1-14(2)13(20)18(8-11-10(16)6-7-21-11)15(3,9-4-5-9)12(19)17-14/h6-7,9H,4-5,8H2,1-3H3,(H,17,19). The van der Waals surface area contributed by atoms with Crippen LogP contribution in [0.2, 0.25) is 0 Å². The fourth-order valence-electron chi connectivity index (χ4n) is 3.00. The van der Waals surface area contributed by atoms with Gasteiger partial charge in [0.1, 0.15) is 11.1 Å². The van der Waals surface area contributed by atoms with Gasteiger partial charge in [0.25, 0.3) is 0 Å². The second-order valence-electron chi connectivity index (χ2n) is 6.58. The molecule has 0 spiro atoms. The lowest BCUT2D eigenvalue weighted by molar-refractivity contribution is -0.163. The van der Waals surface area contributed by atoms with Crippen LogP contribution < -0.4 is 5.32 Å². The molecule has 1 aliphatic carbocycles. The molecule has 3 rings (SSSR count). The van der Waals surface area contributed by atoms with Crippen molar-refractivity contribution in [2.24, 2.45) is 5.92 Å². The van der Waals surface area contributed by atoms with Crippen LogP contribution in [0.25, 0.3) is 0 Å². The fourth-order valence-corrected chi connectivity index (χ4v) is 4.47. The average Bonchev–Trinajstić information content (AvgIpc) is 3.17. The van der Waals surface area contributed by atoms with Crippen molar-refractivity contribution < 1.29 is 9.59 Å². The maximum absolute atomic E-state index is 12.9. The summed E-state index contributed by atoms with van der Waals surface area (Å²) in [5, 5.41) is 4.90. The molecule has 2 amide bonds. The Kier molecular flexibility index (Phi) is 3.44. The first-order chi connectivity index (χ1) is 9.76. The van der Waals surface area contributed by atoms with Gasteiger partial charge >= 0.3 is 0 Å². The van der Waals surface area contributed by atoms with Crippen LogP contribution in [-0.2, 0) is 16.1 Å². The molecule has 4 nitrogen and oxygen atoms in total. The van der Waals surface area contributed by atoms with Gasteiger partial charge in [0, 0.05) is 9.35 Å². The van der Waals surface area contributed by atoms with Gasteiger partial charge in [0.05, 0.1) is 6.54 Å². The number of halogens is 1. The van der Waals surface area contributed by atoms with Gasteiger partial charge in [-0.3, -0.25) is 9.59 Å². The number of thiophene rings is 1. The predicted octanol–water partition coefficient (Wildman–Crippen LogP) is 2.92. The van der Waals surface area contributed by atoms with Crippen LogP contribution in [0.1, 0.15) is 38.5 Å². The second kappa shape index (κ2) is 4.81. The van der Waals surface area contributed by atoms with E-state index in [0.29, 0.717) is 6.54 Å². The Morgan fingerprint density at radius 3 is 2.57 bits per heavy atom. The Morgan fingerprint density at radius 2 is 2.05 bits per heavy atom. The van der Waals surface area contributed by atoms with Crippen molar-refractivity contribution in [3.8, 4) is 0 Å². The Labute approximate surface area is 137 Å². The fraction of sp³-hybridized carbons (Fsp3) is 0.600. The predicted molar refractivity (Wildman–Crippen MR) is 85.9 cm³/mol. The van der Waals surface area contributed by atoms with Gasteiger partial charge < -0.3 is 10.2 Å². The summed E-state index contributed by atoms with van der Waals surface area (Å²) in [6.07, 6.45) is 2.03. The first-order valence-electron chi connectivity index (χ1n) is 7.13. The number of carbonyl (C=O) groups excluding carboxylic acids is 2. The Hall–Kier alpha value is -0.880. The molecule has 1 saturated heterocycles.